The van der Waals surface area contributed by atoms with Crippen LogP contribution in [0.5, 0.6) is 0 Å². The number of rotatable bonds is 3. The van der Waals surface area contributed by atoms with E-state index < -0.39 is 0 Å². The fourth-order valence-electron chi connectivity index (χ4n) is 2.17. The van der Waals surface area contributed by atoms with Crippen LogP contribution in [-0.2, 0) is 4.74 Å². The molecule has 1 aromatic rings. The van der Waals surface area contributed by atoms with E-state index in [1.165, 1.54) is 5.56 Å². The van der Waals surface area contributed by atoms with Crippen LogP contribution in [0.1, 0.15) is 31.4 Å². The normalized spacial score (nSPS) is 26.5. The first-order valence-corrected chi connectivity index (χ1v) is 5.80. The first-order valence-electron chi connectivity index (χ1n) is 5.80. The summed E-state index contributed by atoms with van der Waals surface area (Å²) in [6.07, 6.45) is 2.51. The summed E-state index contributed by atoms with van der Waals surface area (Å²) < 4.78 is 5.80. The number of hydrogen-bond donors (Lipinski definition) is 1. The molecule has 1 aliphatic rings. The SMILES string of the molecule is CCNC1CCOC(c2ccccc2)C1. The van der Waals surface area contributed by atoms with Gasteiger partial charge in [0.2, 0.25) is 0 Å². The number of nitrogens with one attached hydrogen (secondary N) is 1. The van der Waals surface area contributed by atoms with E-state index in [1.54, 1.807) is 0 Å². The smallest absolute Gasteiger partial charge is 0.0839 e. The zero-order valence-electron chi connectivity index (χ0n) is 9.28. The summed E-state index contributed by atoms with van der Waals surface area (Å²) in [5.74, 6) is 0. The molecule has 0 aromatic heterocycles. The molecular formula is C13H19NO. The van der Waals surface area contributed by atoms with Gasteiger partial charge in [-0.15, -0.1) is 0 Å². The average molecular weight is 205 g/mol. The highest BCUT2D eigenvalue weighted by Crippen LogP contribution is 2.27. The van der Waals surface area contributed by atoms with Gasteiger partial charge in [0.1, 0.15) is 0 Å². The average Bonchev–Trinajstić information content (AvgIpc) is 2.31. The van der Waals surface area contributed by atoms with Gasteiger partial charge in [-0.05, 0) is 24.9 Å². The van der Waals surface area contributed by atoms with Crippen molar-refractivity contribution in [3.05, 3.63) is 35.9 Å². The fourth-order valence-corrected chi connectivity index (χ4v) is 2.17. The van der Waals surface area contributed by atoms with Crippen LogP contribution >= 0.6 is 0 Å². The molecule has 2 rings (SSSR count). The van der Waals surface area contributed by atoms with Gasteiger partial charge < -0.3 is 10.1 Å². The first kappa shape index (κ1) is 10.7. The molecule has 1 fully saturated rings. The van der Waals surface area contributed by atoms with E-state index in [0.29, 0.717) is 6.04 Å². The molecule has 1 heterocycles. The van der Waals surface area contributed by atoms with Gasteiger partial charge in [-0.1, -0.05) is 37.3 Å². The maximum atomic E-state index is 5.80. The first-order chi connectivity index (χ1) is 7.40. The van der Waals surface area contributed by atoms with Crippen molar-refractivity contribution in [2.45, 2.75) is 31.9 Å². The molecule has 0 spiro atoms. The lowest BCUT2D eigenvalue weighted by atomic mass is 9.97. The zero-order chi connectivity index (χ0) is 10.5. The van der Waals surface area contributed by atoms with Crippen molar-refractivity contribution >= 4 is 0 Å². The third kappa shape index (κ3) is 2.80. The molecule has 15 heavy (non-hydrogen) atoms. The van der Waals surface area contributed by atoms with Crippen LogP contribution in [0.4, 0.5) is 0 Å². The van der Waals surface area contributed by atoms with E-state index in [2.05, 4.69) is 36.5 Å². The lowest BCUT2D eigenvalue weighted by molar-refractivity contribution is 0.000596. The molecule has 2 heteroatoms. The second kappa shape index (κ2) is 5.29. The largest absolute Gasteiger partial charge is 0.373 e. The number of ether oxygens (including phenoxy) is 1. The van der Waals surface area contributed by atoms with Gasteiger partial charge in [0.15, 0.2) is 0 Å². The van der Waals surface area contributed by atoms with Crippen molar-refractivity contribution in [2.75, 3.05) is 13.2 Å². The molecule has 2 nitrogen and oxygen atoms in total. The second-order valence-electron chi connectivity index (χ2n) is 4.05. The Morgan fingerprint density at radius 3 is 2.87 bits per heavy atom. The van der Waals surface area contributed by atoms with Crippen molar-refractivity contribution in [3.63, 3.8) is 0 Å². The van der Waals surface area contributed by atoms with Crippen LogP contribution in [0, 0.1) is 0 Å². The van der Waals surface area contributed by atoms with Gasteiger partial charge in [0, 0.05) is 12.6 Å². The minimum Gasteiger partial charge on any atom is -0.373 e. The summed E-state index contributed by atoms with van der Waals surface area (Å²) in [5.41, 5.74) is 1.31. The minimum atomic E-state index is 0.281. The summed E-state index contributed by atoms with van der Waals surface area (Å²) in [6.45, 7) is 4.08. The Morgan fingerprint density at radius 1 is 1.33 bits per heavy atom. The van der Waals surface area contributed by atoms with Gasteiger partial charge in [0.05, 0.1) is 6.10 Å². The Morgan fingerprint density at radius 2 is 2.13 bits per heavy atom. The second-order valence-corrected chi connectivity index (χ2v) is 4.05. The Balaban J connectivity index is 1.98. The van der Waals surface area contributed by atoms with Gasteiger partial charge >= 0.3 is 0 Å². The van der Waals surface area contributed by atoms with E-state index in [9.17, 15) is 0 Å². The fraction of sp³-hybridized carbons (Fsp3) is 0.538. The predicted molar refractivity (Wildman–Crippen MR) is 61.8 cm³/mol. The van der Waals surface area contributed by atoms with Crippen LogP contribution in [0.2, 0.25) is 0 Å². The summed E-state index contributed by atoms with van der Waals surface area (Å²) in [5, 5.41) is 3.50. The molecule has 82 valence electrons. The summed E-state index contributed by atoms with van der Waals surface area (Å²) in [4.78, 5) is 0. The molecular weight excluding hydrogens is 186 g/mol. The van der Waals surface area contributed by atoms with Crippen LogP contribution in [0.25, 0.3) is 0 Å². The van der Waals surface area contributed by atoms with Crippen molar-refractivity contribution in [3.8, 4) is 0 Å². The zero-order valence-corrected chi connectivity index (χ0v) is 9.28. The van der Waals surface area contributed by atoms with Gasteiger partial charge in [-0.25, -0.2) is 0 Å². The monoisotopic (exact) mass is 205 g/mol. The molecule has 1 N–H and O–H groups in total. The maximum Gasteiger partial charge on any atom is 0.0839 e. The molecule has 2 unspecified atom stereocenters. The molecule has 0 amide bonds. The van der Waals surface area contributed by atoms with Crippen LogP contribution in [-0.4, -0.2) is 19.2 Å². The van der Waals surface area contributed by atoms with Gasteiger partial charge in [-0.2, -0.15) is 0 Å². The van der Waals surface area contributed by atoms with Gasteiger partial charge in [0.25, 0.3) is 0 Å². The van der Waals surface area contributed by atoms with E-state index >= 15 is 0 Å². The van der Waals surface area contributed by atoms with E-state index in [0.717, 1.165) is 26.0 Å². The molecule has 2 atom stereocenters. The van der Waals surface area contributed by atoms with Gasteiger partial charge in [-0.3, -0.25) is 0 Å². The van der Waals surface area contributed by atoms with Crippen LogP contribution in [0.15, 0.2) is 30.3 Å². The Hall–Kier alpha value is -0.860. The standard InChI is InChI=1S/C13H19NO/c1-2-14-12-8-9-15-13(10-12)11-6-4-3-5-7-11/h3-7,12-14H,2,8-10H2,1H3. The van der Waals surface area contributed by atoms with Crippen molar-refractivity contribution < 1.29 is 4.74 Å². The highest BCUT2D eigenvalue weighted by Gasteiger charge is 2.22. The minimum absolute atomic E-state index is 0.281. The van der Waals surface area contributed by atoms with E-state index in [4.69, 9.17) is 4.74 Å². The highest BCUT2D eigenvalue weighted by molar-refractivity contribution is 5.18. The quantitative estimate of drug-likeness (QED) is 0.818. The van der Waals surface area contributed by atoms with E-state index in [1.807, 2.05) is 6.07 Å². The predicted octanol–water partition coefficient (Wildman–Crippen LogP) is 2.52. The molecule has 0 saturated carbocycles. The number of benzene rings is 1. The summed E-state index contributed by atoms with van der Waals surface area (Å²) in [7, 11) is 0. The maximum absolute atomic E-state index is 5.80. The molecule has 0 radical (unpaired) electrons. The van der Waals surface area contributed by atoms with Crippen LogP contribution < -0.4 is 5.32 Å². The lowest BCUT2D eigenvalue weighted by Crippen LogP contribution is -2.35. The summed E-state index contributed by atoms with van der Waals surface area (Å²) >= 11 is 0. The lowest BCUT2D eigenvalue weighted by Gasteiger charge is -2.30. The van der Waals surface area contributed by atoms with Crippen molar-refractivity contribution in [2.24, 2.45) is 0 Å². The molecule has 1 aliphatic heterocycles. The summed E-state index contributed by atoms with van der Waals surface area (Å²) in [6, 6.07) is 11.1. The van der Waals surface area contributed by atoms with Crippen molar-refractivity contribution in [1.82, 2.24) is 5.32 Å². The topological polar surface area (TPSA) is 21.3 Å². The third-order valence-corrected chi connectivity index (χ3v) is 2.95. The number of hydrogen-bond acceptors (Lipinski definition) is 2. The molecule has 1 aromatic carbocycles. The van der Waals surface area contributed by atoms with E-state index in [-0.39, 0.29) is 6.10 Å². The Kier molecular flexibility index (Phi) is 3.75. The molecule has 0 aliphatic carbocycles. The highest BCUT2D eigenvalue weighted by atomic mass is 16.5. The third-order valence-electron chi connectivity index (χ3n) is 2.95. The Bertz CT molecular complexity index is 284. The Labute approximate surface area is 91.6 Å². The molecule has 1 saturated heterocycles. The van der Waals surface area contributed by atoms with Crippen molar-refractivity contribution in [1.29, 1.82) is 0 Å². The molecule has 0 bridgehead atoms. The van der Waals surface area contributed by atoms with Crippen LogP contribution in [0.3, 0.4) is 0 Å².